The van der Waals surface area contributed by atoms with Crippen molar-refractivity contribution in [2.45, 2.75) is 13.5 Å². The van der Waals surface area contributed by atoms with Gasteiger partial charge in [0.2, 0.25) is 5.82 Å². The number of aromatic amines is 1. The molecule has 0 aliphatic rings. The molecule has 0 amide bonds. The maximum absolute atomic E-state index is 10.6. The van der Waals surface area contributed by atoms with E-state index in [1.165, 1.54) is 6.20 Å². The third-order valence-electron chi connectivity index (χ3n) is 2.21. The van der Waals surface area contributed by atoms with E-state index in [0.717, 1.165) is 11.3 Å². The summed E-state index contributed by atoms with van der Waals surface area (Å²) in [6, 6.07) is 7.64. The van der Waals surface area contributed by atoms with Crippen LogP contribution >= 0.6 is 0 Å². The van der Waals surface area contributed by atoms with Crippen molar-refractivity contribution in [1.29, 1.82) is 0 Å². The van der Waals surface area contributed by atoms with E-state index in [2.05, 4.69) is 9.97 Å². The normalized spacial score (nSPS) is 10.2. The van der Waals surface area contributed by atoms with Crippen molar-refractivity contribution in [3.8, 4) is 5.75 Å². The number of hydrogen-bond acceptors (Lipinski definition) is 3. The lowest BCUT2D eigenvalue weighted by atomic mass is 10.2. The van der Waals surface area contributed by atoms with Gasteiger partial charge in [0.25, 0.3) is 0 Å². The zero-order valence-corrected chi connectivity index (χ0v) is 9.30. The number of nitrogens with one attached hydrogen (secondary N) is 1. The Balaban J connectivity index is 2.00. The third-order valence-corrected chi connectivity index (χ3v) is 2.21. The summed E-state index contributed by atoms with van der Waals surface area (Å²) in [6.45, 7) is 2.25. The van der Waals surface area contributed by atoms with Crippen LogP contribution in [-0.2, 0) is 6.61 Å². The van der Waals surface area contributed by atoms with Crippen molar-refractivity contribution in [3.63, 3.8) is 0 Å². The molecule has 88 valence electrons. The molecule has 0 radical (unpaired) electrons. The highest BCUT2D eigenvalue weighted by Crippen LogP contribution is 2.13. The van der Waals surface area contributed by atoms with Gasteiger partial charge in [0.15, 0.2) is 0 Å². The predicted molar refractivity (Wildman–Crippen MR) is 61.1 cm³/mol. The second kappa shape index (κ2) is 4.69. The minimum absolute atomic E-state index is 0.0761. The SMILES string of the molecule is Cc1cccc(OCc2cnc(C(=O)O)[nH]2)c1. The highest BCUT2D eigenvalue weighted by Gasteiger charge is 2.07. The van der Waals surface area contributed by atoms with Crippen LogP contribution in [0, 0.1) is 6.92 Å². The first-order valence-electron chi connectivity index (χ1n) is 5.12. The van der Waals surface area contributed by atoms with Crippen LogP contribution in [0.3, 0.4) is 0 Å². The number of H-pyrrole nitrogens is 1. The van der Waals surface area contributed by atoms with E-state index in [0.29, 0.717) is 5.69 Å². The summed E-state index contributed by atoms with van der Waals surface area (Å²) in [5.74, 6) is -0.406. The van der Waals surface area contributed by atoms with Crippen molar-refractivity contribution in [2.24, 2.45) is 0 Å². The summed E-state index contributed by atoms with van der Waals surface area (Å²) >= 11 is 0. The molecule has 2 rings (SSSR count). The lowest BCUT2D eigenvalue weighted by molar-refractivity contribution is 0.0684. The Morgan fingerprint density at radius 3 is 3.00 bits per heavy atom. The molecule has 0 spiro atoms. The Morgan fingerprint density at radius 2 is 2.35 bits per heavy atom. The Morgan fingerprint density at radius 1 is 1.53 bits per heavy atom. The smallest absolute Gasteiger partial charge is 0.371 e. The quantitative estimate of drug-likeness (QED) is 0.845. The van der Waals surface area contributed by atoms with Gasteiger partial charge in [0, 0.05) is 0 Å². The number of aryl methyl sites for hydroxylation is 1. The van der Waals surface area contributed by atoms with Crippen LogP contribution in [0.1, 0.15) is 21.9 Å². The summed E-state index contributed by atoms with van der Waals surface area (Å²) < 4.78 is 5.50. The second-order valence-electron chi connectivity index (χ2n) is 3.67. The summed E-state index contributed by atoms with van der Waals surface area (Å²) in [7, 11) is 0. The molecule has 5 nitrogen and oxygen atoms in total. The molecular formula is C12H12N2O3. The van der Waals surface area contributed by atoms with Gasteiger partial charge in [-0.1, -0.05) is 12.1 Å². The lowest BCUT2D eigenvalue weighted by Crippen LogP contribution is -2.00. The molecule has 0 unspecified atom stereocenters. The zero-order valence-electron chi connectivity index (χ0n) is 9.30. The molecule has 2 aromatic rings. The van der Waals surface area contributed by atoms with Crippen LogP contribution in [0.15, 0.2) is 30.5 Å². The van der Waals surface area contributed by atoms with Crippen molar-refractivity contribution < 1.29 is 14.6 Å². The number of hydrogen-bond donors (Lipinski definition) is 2. The standard InChI is InChI=1S/C12H12N2O3/c1-8-3-2-4-10(5-8)17-7-9-6-13-11(14-9)12(15)16/h2-6H,7H2,1H3,(H,13,14)(H,15,16). The third kappa shape index (κ3) is 2.84. The molecule has 0 fully saturated rings. The topological polar surface area (TPSA) is 75.2 Å². The molecule has 0 saturated carbocycles. The minimum Gasteiger partial charge on any atom is -0.487 e. The molecule has 1 aromatic carbocycles. The first kappa shape index (κ1) is 11.2. The van der Waals surface area contributed by atoms with Crippen LogP contribution in [0.5, 0.6) is 5.75 Å². The van der Waals surface area contributed by atoms with E-state index in [4.69, 9.17) is 9.84 Å². The maximum Gasteiger partial charge on any atom is 0.371 e. The fourth-order valence-electron chi connectivity index (χ4n) is 1.41. The van der Waals surface area contributed by atoms with Gasteiger partial charge in [0.05, 0.1) is 11.9 Å². The highest BCUT2D eigenvalue weighted by molar-refractivity contribution is 5.83. The number of imidazole rings is 1. The van der Waals surface area contributed by atoms with E-state index in [-0.39, 0.29) is 12.4 Å². The molecule has 2 N–H and O–H groups in total. The first-order valence-corrected chi connectivity index (χ1v) is 5.12. The lowest BCUT2D eigenvalue weighted by Gasteiger charge is -2.04. The average Bonchev–Trinajstić information content (AvgIpc) is 2.75. The van der Waals surface area contributed by atoms with Gasteiger partial charge in [-0.3, -0.25) is 0 Å². The number of carboxylic acid groups (broad SMARTS) is 1. The number of nitrogens with zero attached hydrogens (tertiary/aromatic N) is 1. The molecular weight excluding hydrogens is 220 g/mol. The van der Waals surface area contributed by atoms with Gasteiger partial charge >= 0.3 is 5.97 Å². The van der Waals surface area contributed by atoms with Crippen molar-refractivity contribution in [3.05, 3.63) is 47.5 Å². The van der Waals surface area contributed by atoms with Crippen molar-refractivity contribution >= 4 is 5.97 Å². The van der Waals surface area contributed by atoms with Crippen LogP contribution in [0.25, 0.3) is 0 Å². The zero-order chi connectivity index (χ0) is 12.3. The van der Waals surface area contributed by atoms with Crippen molar-refractivity contribution in [2.75, 3.05) is 0 Å². The van der Waals surface area contributed by atoms with Gasteiger partial charge in [-0.05, 0) is 24.6 Å². The van der Waals surface area contributed by atoms with Gasteiger partial charge < -0.3 is 14.8 Å². The number of ether oxygens (including phenoxy) is 1. The van der Waals surface area contributed by atoms with Crippen molar-refractivity contribution in [1.82, 2.24) is 9.97 Å². The molecule has 5 heteroatoms. The fourth-order valence-corrected chi connectivity index (χ4v) is 1.41. The first-order chi connectivity index (χ1) is 8.15. The maximum atomic E-state index is 10.6. The highest BCUT2D eigenvalue weighted by atomic mass is 16.5. The van der Waals surface area contributed by atoms with Gasteiger partial charge in [-0.2, -0.15) is 0 Å². The van der Waals surface area contributed by atoms with E-state index in [9.17, 15) is 4.79 Å². The Kier molecular flexibility index (Phi) is 3.09. The molecule has 0 aliphatic carbocycles. The molecule has 1 heterocycles. The molecule has 17 heavy (non-hydrogen) atoms. The van der Waals surface area contributed by atoms with E-state index in [1.807, 2.05) is 31.2 Å². The number of carboxylic acids is 1. The molecule has 0 atom stereocenters. The summed E-state index contributed by atoms with van der Waals surface area (Å²) in [5.41, 5.74) is 1.74. The molecule has 1 aromatic heterocycles. The average molecular weight is 232 g/mol. The van der Waals surface area contributed by atoms with Gasteiger partial charge in [-0.25, -0.2) is 9.78 Å². The molecule has 0 aliphatic heterocycles. The van der Waals surface area contributed by atoms with E-state index < -0.39 is 5.97 Å². The predicted octanol–water partition coefficient (Wildman–Crippen LogP) is 2.00. The van der Waals surface area contributed by atoms with E-state index >= 15 is 0 Å². The molecule has 0 saturated heterocycles. The monoisotopic (exact) mass is 232 g/mol. The number of aromatic carboxylic acids is 1. The van der Waals surface area contributed by atoms with Crippen LogP contribution in [0.2, 0.25) is 0 Å². The van der Waals surface area contributed by atoms with E-state index in [1.54, 1.807) is 0 Å². The Labute approximate surface area is 98.1 Å². The number of carbonyl (C=O) groups is 1. The van der Waals surface area contributed by atoms with Gasteiger partial charge in [-0.15, -0.1) is 0 Å². The van der Waals surface area contributed by atoms with Gasteiger partial charge in [0.1, 0.15) is 12.4 Å². The van der Waals surface area contributed by atoms with Crippen LogP contribution in [0.4, 0.5) is 0 Å². The summed E-state index contributed by atoms with van der Waals surface area (Å²) in [6.07, 6.45) is 1.46. The molecule has 0 bridgehead atoms. The Bertz CT molecular complexity index is 534. The summed E-state index contributed by atoms with van der Waals surface area (Å²) in [4.78, 5) is 17.0. The second-order valence-corrected chi connectivity index (χ2v) is 3.67. The number of aromatic nitrogens is 2. The number of benzene rings is 1. The minimum atomic E-state index is -1.08. The fraction of sp³-hybridized carbons (Fsp3) is 0.167. The Hall–Kier alpha value is -2.30. The number of rotatable bonds is 4. The largest absolute Gasteiger partial charge is 0.487 e. The van der Waals surface area contributed by atoms with Crippen LogP contribution < -0.4 is 4.74 Å². The van der Waals surface area contributed by atoms with Crippen LogP contribution in [-0.4, -0.2) is 21.0 Å². The summed E-state index contributed by atoms with van der Waals surface area (Å²) in [5, 5.41) is 8.69.